The standard InChI is InChI=1S/C32H42N4O4S.H3O4P/c1-3-35(4-2)20-21-36(19-18-33-17-14-26-12-13-28(37)30-31(26)41-32(39)34-30)29(38)16-23-40-22-15-25-10-7-9-24-8-5-6-11-27(24)25;1-5(2,3)4/h5-13,33,37H,3-4,14-23H2,1-2H3,(H,34,39);(H3,1,2,3,4). The SMILES string of the molecule is CCN(CC)CCN(CCNCCc1ccc(O)c2[nH]c(=O)sc12)C(=O)CCOCCc1cccc2ccccc12.O=P(O)(O)O. The van der Waals surface area contributed by atoms with Crippen molar-refractivity contribution in [2.24, 2.45) is 0 Å². The fourth-order valence-electron chi connectivity index (χ4n) is 5.11. The number of phenols is 1. The van der Waals surface area contributed by atoms with Crippen molar-refractivity contribution in [3.05, 3.63) is 75.4 Å². The maximum atomic E-state index is 13.2. The first-order valence-corrected chi connectivity index (χ1v) is 17.8. The van der Waals surface area contributed by atoms with E-state index in [0.717, 1.165) is 54.1 Å². The highest BCUT2D eigenvalue weighted by Gasteiger charge is 2.15. The number of H-pyrrole nitrogens is 1. The zero-order valence-electron chi connectivity index (χ0n) is 26.4. The molecule has 0 saturated heterocycles. The lowest BCUT2D eigenvalue weighted by molar-refractivity contribution is -0.132. The minimum absolute atomic E-state index is 0.0926. The molecule has 4 aromatic rings. The molecule has 0 spiro atoms. The molecule has 14 heteroatoms. The van der Waals surface area contributed by atoms with Crippen LogP contribution in [0.3, 0.4) is 0 Å². The molecule has 46 heavy (non-hydrogen) atoms. The lowest BCUT2D eigenvalue weighted by atomic mass is 10.0. The van der Waals surface area contributed by atoms with Gasteiger partial charge in [0, 0.05) is 26.2 Å². The van der Waals surface area contributed by atoms with Crippen molar-refractivity contribution < 1.29 is 33.9 Å². The number of nitrogens with one attached hydrogen (secondary N) is 2. The number of hydrogen-bond donors (Lipinski definition) is 6. The van der Waals surface area contributed by atoms with Crippen molar-refractivity contribution in [1.82, 2.24) is 20.1 Å². The highest BCUT2D eigenvalue weighted by atomic mass is 32.1. The molecule has 0 unspecified atom stereocenters. The number of phosphoric acid groups is 1. The van der Waals surface area contributed by atoms with E-state index >= 15 is 0 Å². The number of ether oxygens (including phenoxy) is 1. The number of carbonyl (C=O) groups is 1. The van der Waals surface area contributed by atoms with Crippen LogP contribution in [0.2, 0.25) is 0 Å². The average Bonchev–Trinajstić information content (AvgIpc) is 3.42. The van der Waals surface area contributed by atoms with Gasteiger partial charge in [-0.15, -0.1) is 0 Å². The minimum Gasteiger partial charge on any atom is -0.506 e. The smallest absolute Gasteiger partial charge is 0.466 e. The third-order valence-electron chi connectivity index (χ3n) is 7.56. The minimum atomic E-state index is -4.64. The summed E-state index contributed by atoms with van der Waals surface area (Å²) in [7, 11) is -4.64. The molecular formula is C32H45N4O8PS. The number of amides is 1. The lowest BCUT2D eigenvalue weighted by Crippen LogP contribution is -2.42. The van der Waals surface area contributed by atoms with Crippen LogP contribution in [-0.4, -0.2) is 99.5 Å². The first-order chi connectivity index (χ1) is 22.0. The van der Waals surface area contributed by atoms with E-state index in [2.05, 4.69) is 71.5 Å². The summed E-state index contributed by atoms with van der Waals surface area (Å²) in [6.45, 7) is 10.7. The summed E-state index contributed by atoms with van der Waals surface area (Å²) in [6, 6.07) is 18.2. The summed E-state index contributed by atoms with van der Waals surface area (Å²) in [5.41, 5.74) is 2.79. The van der Waals surface area contributed by atoms with E-state index in [9.17, 15) is 14.7 Å². The molecule has 0 radical (unpaired) electrons. The molecule has 1 heterocycles. The normalized spacial score (nSPS) is 11.6. The molecule has 0 saturated carbocycles. The van der Waals surface area contributed by atoms with Crippen LogP contribution >= 0.6 is 19.2 Å². The topological polar surface area (TPSA) is 176 Å². The van der Waals surface area contributed by atoms with E-state index < -0.39 is 7.82 Å². The number of fused-ring (bicyclic) bond motifs is 2. The summed E-state index contributed by atoms with van der Waals surface area (Å²) < 4.78 is 15.6. The van der Waals surface area contributed by atoms with Gasteiger partial charge in [0.1, 0.15) is 11.3 Å². The predicted octanol–water partition coefficient (Wildman–Crippen LogP) is 3.47. The van der Waals surface area contributed by atoms with E-state index in [4.69, 9.17) is 24.0 Å². The number of hydrogen-bond acceptors (Lipinski definition) is 8. The Morgan fingerprint density at radius 3 is 2.37 bits per heavy atom. The number of rotatable bonds is 17. The average molecular weight is 677 g/mol. The molecule has 0 bridgehead atoms. The van der Waals surface area contributed by atoms with Gasteiger partial charge in [-0.25, -0.2) is 4.57 Å². The monoisotopic (exact) mass is 676 g/mol. The maximum Gasteiger partial charge on any atom is 0.466 e. The van der Waals surface area contributed by atoms with E-state index in [-0.39, 0.29) is 16.5 Å². The molecular weight excluding hydrogens is 631 g/mol. The largest absolute Gasteiger partial charge is 0.506 e. The molecule has 3 aromatic carbocycles. The van der Waals surface area contributed by atoms with Crippen LogP contribution < -0.4 is 10.2 Å². The van der Waals surface area contributed by atoms with Gasteiger partial charge in [0.05, 0.1) is 24.3 Å². The molecule has 0 aliphatic carbocycles. The molecule has 0 aliphatic rings. The molecule has 1 amide bonds. The second-order valence-corrected chi connectivity index (χ2v) is 12.6. The Labute approximate surface area is 272 Å². The third-order valence-corrected chi connectivity index (χ3v) is 8.52. The quantitative estimate of drug-likeness (QED) is 0.0718. The van der Waals surface area contributed by atoms with Crippen LogP contribution in [0.25, 0.3) is 21.0 Å². The first kappa shape index (κ1) is 37.3. The van der Waals surface area contributed by atoms with Crippen LogP contribution in [0.15, 0.2) is 59.4 Å². The molecule has 0 atom stereocenters. The Balaban J connectivity index is 0.00000107. The van der Waals surface area contributed by atoms with E-state index in [1.807, 2.05) is 11.0 Å². The second-order valence-electron chi connectivity index (χ2n) is 10.6. The van der Waals surface area contributed by atoms with E-state index in [1.165, 1.54) is 16.3 Å². The van der Waals surface area contributed by atoms with Crippen molar-refractivity contribution in [3.63, 3.8) is 0 Å². The predicted molar refractivity (Wildman–Crippen MR) is 182 cm³/mol. The fourth-order valence-corrected chi connectivity index (χ4v) is 6.00. The number of thiazole rings is 1. The van der Waals surface area contributed by atoms with E-state index in [0.29, 0.717) is 51.3 Å². The van der Waals surface area contributed by atoms with E-state index in [1.54, 1.807) is 6.07 Å². The van der Waals surface area contributed by atoms with Gasteiger partial charge in [-0.05, 0) is 60.4 Å². The van der Waals surface area contributed by atoms with Crippen molar-refractivity contribution in [2.75, 3.05) is 59.0 Å². The van der Waals surface area contributed by atoms with Crippen molar-refractivity contribution in [2.45, 2.75) is 33.1 Å². The number of aromatic nitrogens is 1. The van der Waals surface area contributed by atoms with Crippen LogP contribution in [0, 0.1) is 0 Å². The van der Waals surface area contributed by atoms with Gasteiger partial charge in [-0.3, -0.25) is 9.59 Å². The first-order valence-electron chi connectivity index (χ1n) is 15.4. The second kappa shape index (κ2) is 18.9. The molecule has 4 rings (SSSR count). The van der Waals surface area contributed by atoms with Crippen LogP contribution in [-0.2, 0) is 26.9 Å². The highest BCUT2D eigenvalue weighted by molar-refractivity contribution is 7.45. The molecule has 1 aromatic heterocycles. The molecule has 252 valence electrons. The number of nitrogens with zero attached hydrogens (tertiary/aromatic N) is 2. The summed E-state index contributed by atoms with van der Waals surface area (Å²) in [5, 5.41) is 15.9. The maximum absolute atomic E-state index is 13.2. The van der Waals surface area contributed by atoms with Gasteiger partial charge in [-0.1, -0.05) is 73.7 Å². The number of phenolic OH excluding ortho intramolecular Hbond substituents is 1. The Hall–Kier alpha value is -3.13. The third kappa shape index (κ3) is 12.6. The van der Waals surface area contributed by atoms with Crippen LogP contribution in [0.5, 0.6) is 5.75 Å². The zero-order chi connectivity index (χ0) is 33.5. The number of aromatic hydroxyl groups is 1. The van der Waals surface area contributed by atoms with Gasteiger partial charge in [-0.2, -0.15) is 0 Å². The summed E-state index contributed by atoms with van der Waals surface area (Å²) in [6.07, 6.45) is 1.91. The van der Waals surface area contributed by atoms with Gasteiger partial charge in [0.2, 0.25) is 5.91 Å². The van der Waals surface area contributed by atoms with Gasteiger partial charge >= 0.3 is 12.7 Å². The van der Waals surface area contributed by atoms with Crippen LogP contribution in [0.1, 0.15) is 31.4 Å². The number of carbonyl (C=O) groups excluding carboxylic acids is 1. The lowest BCUT2D eigenvalue weighted by Gasteiger charge is -2.27. The number of likely N-dealkylation sites (N-methyl/N-ethyl adjacent to an activating group) is 1. The Kier molecular flexibility index (Phi) is 15.3. The molecule has 6 N–H and O–H groups in total. The molecule has 0 fully saturated rings. The zero-order valence-corrected chi connectivity index (χ0v) is 28.1. The summed E-state index contributed by atoms with van der Waals surface area (Å²) >= 11 is 1.12. The van der Waals surface area contributed by atoms with Crippen LogP contribution in [0.4, 0.5) is 0 Å². The van der Waals surface area contributed by atoms with Crippen molar-refractivity contribution in [1.29, 1.82) is 0 Å². The van der Waals surface area contributed by atoms with Gasteiger partial charge < -0.3 is 44.6 Å². The molecule has 12 nitrogen and oxygen atoms in total. The summed E-state index contributed by atoms with van der Waals surface area (Å²) in [4.78, 5) is 53.3. The Morgan fingerprint density at radius 2 is 1.63 bits per heavy atom. The Bertz CT molecular complexity index is 1620. The van der Waals surface area contributed by atoms with Crippen molar-refractivity contribution >= 4 is 46.1 Å². The van der Waals surface area contributed by atoms with Gasteiger partial charge in [0.25, 0.3) is 0 Å². The van der Waals surface area contributed by atoms with Gasteiger partial charge in [0.15, 0.2) is 0 Å². The number of aromatic amines is 1. The fraction of sp³-hybridized carbons (Fsp3) is 0.438. The molecule has 0 aliphatic heterocycles. The summed E-state index contributed by atoms with van der Waals surface area (Å²) in [5.74, 6) is 0.205. The highest BCUT2D eigenvalue weighted by Crippen LogP contribution is 2.28. The Morgan fingerprint density at radius 1 is 0.913 bits per heavy atom. The van der Waals surface area contributed by atoms with Crippen molar-refractivity contribution in [3.8, 4) is 5.75 Å². The number of benzene rings is 3.